The predicted molar refractivity (Wildman–Crippen MR) is 67.4 cm³/mol. The van der Waals surface area contributed by atoms with Gasteiger partial charge in [-0.05, 0) is 26.0 Å². The number of benzene rings is 1. The number of hydrogen-bond donors (Lipinski definition) is 0. The molecule has 0 atom stereocenters. The number of rotatable bonds is 6. The van der Waals surface area contributed by atoms with Gasteiger partial charge in [0.25, 0.3) is 0 Å². The third-order valence-electron chi connectivity index (χ3n) is 2.48. The lowest BCUT2D eigenvalue weighted by atomic mass is 10.1. The Morgan fingerprint density at radius 3 is 2.00 bits per heavy atom. The van der Waals surface area contributed by atoms with Crippen LogP contribution < -0.4 is 0 Å². The zero-order valence-electron chi connectivity index (χ0n) is 11.1. The molecule has 0 fully saturated rings. The van der Waals surface area contributed by atoms with Crippen LogP contribution in [0.4, 0.5) is 13.2 Å². The molecule has 0 amide bonds. The Morgan fingerprint density at radius 2 is 1.58 bits per heavy atom. The molecule has 0 aliphatic heterocycles. The number of alkyl halides is 3. The number of hydrogen-bond acceptors (Lipinski definition) is 3. The van der Waals surface area contributed by atoms with Crippen molar-refractivity contribution in [3.8, 4) is 0 Å². The van der Waals surface area contributed by atoms with Crippen molar-refractivity contribution in [2.45, 2.75) is 26.0 Å². The first-order chi connectivity index (χ1) is 8.89. The molecule has 0 spiro atoms. The number of ether oxygens (including phenoxy) is 2. The molecule has 0 unspecified atom stereocenters. The van der Waals surface area contributed by atoms with Crippen molar-refractivity contribution in [3.63, 3.8) is 0 Å². The minimum absolute atomic E-state index is 0.209. The third kappa shape index (κ3) is 3.79. The van der Waals surface area contributed by atoms with E-state index in [4.69, 9.17) is 13.9 Å². The van der Waals surface area contributed by atoms with Gasteiger partial charge in [0.1, 0.15) is 0 Å². The van der Waals surface area contributed by atoms with Crippen LogP contribution in [0.1, 0.15) is 25.0 Å². The first kappa shape index (κ1) is 16.2. The van der Waals surface area contributed by atoms with E-state index in [0.29, 0.717) is 0 Å². The highest BCUT2D eigenvalue weighted by Gasteiger charge is 2.37. The summed E-state index contributed by atoms with van der Waals surface area (Å²) in [5.41, 5.74) is -0.548. The Morgan fingerprint density at radius 1 is 1.05 bits per heavy atom. The second kappa shape index (κ2) is 6.51. The minimum atomic E-state index is -4.41. The van der Waals surface area contributed by atoms with Crippen molar-refractivity contribution in [1.82, 2.24) is 0 Å². The summed E-state index contributed by atoms with van der Waals surface area (Å²) in [6.07, 6.45) is -4.41. The first-order valence-corrected chi connectivity index (χ1v) is 6.72. The quantitative estimate of drug-likeness (QED) is 0.594. The first-order valence-electron chi connectivity index (χ1n) is 5.90. The molecule has 1 rings (SSSR count). The summed E-state index contributed by atoms with van der Waals surface area (Å²) in [6.45, 7) is 3.97. The normalized spacial score (nSPS) is 12.9. The van der Waals surface area contributed by atoms with Crippen LogP contribution in [0, 0.1) is 0 Å². The summed E-state index contributed by atoms with van der Waals surface area (Å²) in [7, 11) is 0.265. The fraction of sp³-hybridized carbons (Fsp3) is 0.500. The molecule has 0 heterocycles. The van der Waals surface area contributed by atoms with Crippen LogP contribution in [-0.4, -0.2) is 23.7 Å². The van der Waals surface area contributed by atoms with Crippen LogP contribution >= 0.6 is 0 Å². The van der Waals surface area contributed by atoms with Crippen LogP contribution in [0.25, 0.3) is 0 Å². The van der Waals surface area contributed by atoms with E-state index in [9.17, 15) is 13.2 Å². The van der Waals surface area contributed by atoms with E-state index >= 15 is 0 Å². The summed E-state index contributed by atoms with van der Waals surface area (Å²) < 4.78 is 54.2. The van der Waals surface area contributed by atoms with Gasteiger partial charge in [-0.15, -0.1) is 0 Å². The lowest BCUT2D eigenvalue weighted by Crippen LogP contribution is -2.36. The van der Waals surface area contributed by atoms with Crippen LogP contribution in [0.5, 0.6) is 0 Å². The van der Waals surface area contributed by atoms with E-state index in [1.165, 1.54) is 12.1 Å². The van der Waals surface area contributed by atoms with Crippen molar-refractivity contribution in [2.24, 2.45) is 0 Å². The smallest absolute Gasteiger partial charge is 0.376 e. The number of halogens is 3. The van der Waals surface area contributed by atoms with E-state index in [1.54, 1.807) is 13.8 Å². The Labute approximate surface area is 113 Å². The van der Waals surface area contributed by atoms with Gasteiger partial charge in [-0.1, -0.05) is 12.1 Å². The van der Waals surface area contributed by atoms with E-state index in [2.05, 4.69) is 0 Å². The minimum Gasteiger partial charge on any atom is -0.376 e. The molecule has 7 heteroatoms. The molecule has 0 aliphatic rings. The largest absolute Gasteiger partial charge is 0.416 e. The SMILES string of the molecule is CCOC(O[SiH3])(OCC)c1cccc(C(F)(F)F)c1. The van der Waals surface area contributed by atoms with Gasteiger partial charge >= 0.3 is 12.1 Å². The zero-order valence-corrected chi connectivity index (χ0v) is 13.1. The van der Waals surface area contributed by atoms with Gasteiger partial charge in [-0.3, -0.25) is 0 Å². The van der Waals surface area contributed by atoms with Crippen molar-refractivity contribution in [1.29, 1.82) is 0 Å². The monoisotopic (exact) mass is 294 g/mol. The lowest BCUT2D eigenvalue weighted by Gasteiger charge is -2.32. The van der Waals surface area contributed by atoms with Crippen LogP contribution in [-0.2, 0) is 26.0 Å². The fourth-order valence-electron chi connectivity index (χ4n) is 1.71. The molecule has 3 nitrogen and oxygen atoms in total. The molecule has 0 N–H and O–H groups in total. The van der Waals surface area contributed by atoms with E-state index in [1.807, 2.05) is 0 Å². The summed E-state index contributed by atoms with van der Waals surface area (Å²) in [5.74, 6) is -1.54. The highest BCUT2D eigenvalue weighted by molar-refractivity contribution is 5.98. The van der Waals surface area contributed by atoms with Gasteiger partial charge in [-0.25, -0.2) is 0 Å². The van der Waals surface area contributed by atoms with Gasteiger partial charge in [-0.2, -0.15) is 13.2 Å². The molecule has 1 aromatic rings. The maximum absolute atomic E-state index is 12.7. The van der Waals surface area contributed by atoms with Gasteiger partial charge in [0, 0.05) is 18.8 Å². The summed E-state index contributed by atoms with van der Waals surface area (Å²) in [6, 6.07) is 4.80. The lowest BCUT2D eigenvalue weighted by molar-refractivity contribution is -0.352. The van der Waals surface area contributed by atoms with Gasteiger partial charge in [0.15, 0.2) is 10.5 Å². The van der Waals surface area contributed by atoms with Crippen molar-refractivity contribution in [3.05, 3.63) is 35.4 Å². The average Bonchev–Trinajstić information content (AvgIpc) is 2.37. The third-order valence-corrected chi connectivity index (χ3v) is 3.02. The molecule has 0 radical (unpaired) electrons. The van der Waals surface area contributed by atoms with E-state index in [0.717, 1.165) is 12.1 Å². The van der Waals surface area contributed by atoms with Gasteiger partial charge < -0.3 is 13.9 Å². The second-order valence-electron chi connectivity index (χ2n) is 3.70. The Bertz CT molecular complexity index is 403. The predicted octanol–water partition coefficient (Wildman–Crippen LogP) is 2.19. The molecule has 0 aliphatic carbocycles. The highest BCUT2D eigenvalue weighted by Crippen LogP contribution is 2.34. The van der Waals surface area contributed by atoms with E-state index < -0.39 is 17.7 Å². The average molecular weight is 294 g/mol. The Balaban J connectivity index is 3.22. The van der Waals surface area contributed by atoms with Crippen LogP contribution in [0.2, 0.25) is 0 Å². The maximum atomic E-state index is 12.7. The molecule has 1 aromatic carbocycles. The topological polar surface area (TPSA) is 27.7 Å². The van der Waals surface area contributed by atoms with Crippen molar-refractivity contribution < 1.29 is 27.1 Å². The fourth-order valence-corrected chi connectivity index (χ4v) is 2.18. The van der Waals surface area contributed by atoms with Crippen LogP contribution in [0.3, 0.4) is 0 Å². The van der Waals surface area contributed by atoms with Crippen molar-refractivity contribution >= 4 is 10.5 Å². The molecule has 108 valence electrons. The Hall–Kier alpha value is -0.893. The van der Waals surface area contributed by atoms with Gasteiger partial charge in [0.2, 0.25) is 0 Å². The molecule has 0 saturated heterocycles. The summed E-state index contributed by atoms with van der Waals surface area (Å²) in [4.78, 5) is 0. The summed E-state index contributed by atoms with van der Waals surface area (Å²) in [5, 5.41) is 0. The standard InChI is InChI=1S/C12H17F3O3Si/c1-3-16-12(18-19,17-4-2)10-7-5-6-9(8-10)11(13,14)15/h5-8H,3-4H2,1-2,19H3. The van der Waals surface area contributed by atoms with Gasteiger partial charge in [0.05, 0.1) is 5.56 Å². The molecule has 0 aromatic heterocycles. The van der Waals surface area contributed by atoms with Crippen molar-refractivity contribution in [2.75, 3.05) is 13.2 Å². The molecular formula is C12H17F3O3Si. The van der Waals surface area contributed by atoms with E-state index in [-0.39, 0.29) is 29.3 Å². The van der Waals surface area contributed by atoms with Crippen LogP contribution in [0.15, 0.2) is 24.3 Å². The highest BCUT2D eigenvalue weighted by atomic mass is 28.2. The molecule has 0 saturated carbocycles. The molecular weight excluding hydrogens is 277 g/mol. The molecule has 19 heavy (non-hydrogen) atoms. The Kier molecular flexibility index (Phi) is 5.54. The second-order valence-corrected chi connectivity index (χ2v) is 4.11. The molecule has 0 bridgehead atoms. The summed E-state index contributed by atoms with van der Waals surface area (Å²) >= 11 is 0. The zero-order chi connectivity index (χ0) is 14.5. The maximum Gasteiger partial charge on any atom is 0.416 e.